The van der Waals surface area contributed by atoms with E-state index in [0.29, 0.717) is 11.5 Å². The van der Waals surface area contributed by atoms with Crippen molar-refractivity contribution in [2.75, 3.05) is 64.5 Å². The number of hydrogen-bond acceptors (Lipinski definition) is 4. The Balaban J connectivity index is 0.00000261. The van der Waals surface area contributed by atoms with Crippen LogP contribution in [0.4, 0.5) is 0 Å². The smallest absolute Gasteiger partial charge is 0.193 e. The lowest BCUT2D eigenvalue weighted by atomic mass is 9.80. The minimum atomic E-state index is 0. The molecule has 2 saturated heterocycles. The number of aliphatic imine (C=N–C) groups is 1. The molecule has 0 aromatic rings. The van der Waals surface area contributed by atoms with Crippen LogP contribution in [0.1, 0.15) is 45.4 Å². The molecule has 1 aliphatic carbocycles. The molecule has 0 aromatic carbocycles. The highest BCUT2D eigenvalue weighted by atomic mass is 127. The fourth-order valence-corrected chi connectivity index (χ4v) is 5.77. The van der Waals surface area contributed by atoms with Crippen LogP contribution in [0.25, 0.3) is 0 Å². The highest BCUT2D eigenvalue weighted by Gasteiger charge is 2.38. The zero-order chi connectivity index (χ0) is 18.2. The average Bonchev–Trinajstić information content (AvgIpc) is 3.15. The van der Waals surface area contributed by atoms with Crippen molar-refractivity contribution in [2.45, 2.75) is 51.0 Å². The van der Waals surface area contributed by atoms with Crippen LogP contribution >= 0.6 is 35.7 Å². The van der Waals surface area contributed by atoms with Crippen LogP contribution in [0, 0.1) is 5.92 Å². The fourth-order valence-electron chi connectivity index (χ4n) is 4.87. The molecule has 2 heterocycles. The van der Waals surface area contributed by atoms with Crippen LogP contribution in [0.3, 0.4) is 0 Å². The summed E-state index contributed by atoms with van der Waals surface area (Å²) in [4.78, 5) is 10.4. The highest BCUT2D eigenvalue weighted by Crippen LogP contribution is 2.35. The minimum absolute atomic E-state index is 0. The zero-order valence-electron chi connectivity index (χ0n) is 17.3. The average molecular weight is 511 g/mol. The van der Waals surface area contributed by atoms with Gasteiger partial charge in [-0.15, -0.1) is 24.0 Å². The SMILES string of the molecule is CCNC(=NCC1(N2CCSCC2)CCCCC1)N1CCC(COC)C1.I. The van der Waals surface area contributed by atoms with E-state index in [0.717, 1.165) is 38.7 Å². The van der Waals surface area contributed by atoms with Gasteiger partial charge in [-0.25, -0.2) is 0 Å². The Kier molecular flexibility index (Phi) is 10.5. The predicted molar refractivity (Wildman–Crippen MR) is 128 cm³/mol. The molecule has 1 atom stereocenters. The van der Waals surface area contributed by atoms with E-state index >= 15 is 0 Å². The van der Waals surface area contributed by atoms with Crippen molar-refractivity contribution >= 4 is 41.7 Å². The number of likely N-dealkylation sites (tertiary alicyclic amines) is 1. The maximum absolute atomic E-state index is 5.37. The largest absolute Gasteiger partial charge is 0.384 e. The molecule has 7 heteroatoms. The predicted octanol–water partition coefficient (Wildman–Crippen LogP) is 3.29. The lowest BCUT2D eigenvalue weighted by molar-refractivity contribution is 0.0669. The number of rotatable bonds is 6. The maximum atomic E-state index is 5.37. The molecule has 1 N–H and O–H groups in total. The first kappa shape index (κ1) is 23.5. The molecule has 0 spiro atoms. The van der Waals surface area contributed by atoms with E-state index in [9.17, 15) is 0 Å². The van der Waals surface area contributed by atoms with Crippen LogP contribution in [0.15, 0.2) is 4.99 Å². The van der Waals surface area contributed by atoms with Crippen LogP contribution in [-0.4, -0.2) is 85.8 Å². The van der Waals surface area contributed by atoms with Gasteiger partial charge in [-0.3, -0.25) is 9.89 Å². The molecule has 27 heavy (non-hydrogen) atoms. The van der Waals surface area contributed by atoms with Crippen molar-refractivity contribution in [3.63, 3.8) is 0 Å². The van der Waals surface area contributed by atoms with Crippen LogP contribution in [0.2, 0.25) is 0 Å². The lowest BCUT2D eigenvalue weighted by Crippen LogP contribution is -2.55. The Labute approximate surface area is 187 Å². The molecule has 0 aromatic heterocycles. The summed E-state index contributed by atoms with van der Waals surface area (Å²) in [5, 5.41) is 3.56. The van der Waals surface area contributed by atoms with Crippen molar-refractivity contribution in [1.82, 2.24) is 15.1 Å². The van der Waals surface area contributed by atoms with Crippen LogP contribution in [0.5, 0.6) is 0 Å². The van der Waals surface area contributed by atoms with Crippen molar-refractivity contribution in [3.8, 4) is 0 Å². The zero-order valence-corrected chi connectivity index (χ0v) is 20.4. The van der Waals surface area contributed by atoms with Gasteiger partial charge in [-0.1, -0.05) is 19.3 Å². The van der Waals surface area contributed by atoms with E-state index in [1.54, 1.807) is 0 Å². The molecule has 1 unspecified atom stereocenters. The first-order valence-electron chi connectivity index (χ1n) is 10.6. The molecule has 1 saturated carbocycles. The van der Waals surface area contributed by atoms with Crippen LogP contribution < -0.4 is 5.32 Å². The molecule has 158 valence electrons. The van der Waals surface area contributed by atoms with Gasteiger partial charge in [0.1, 0.15) is 0 Å². The summed E-state index contributed by atoms with van der Waals surface area (Å²) in [6.45, 7) is 9.62. The number of guanidine groups is 1. The second-order valence-corrected chi connectivity index (χ2v) is 9.34. The summed E-state index contributed by atoms with van der Waals surface area (Å²) in [6, 6.07) is 0. The number of ether oxygens (including phenoxy) is 1. The first-order valence-corrected chi connectivity index (χ1v) is 11.8. The number of halogens is 1. The standard InChI is InChI=1S/C20H38N4OS.HI/c1-3-21-19(23-10-7-18(15-23)16-25-2)22-17-20(8-5-4-6-9-20)24-11-13-26-14-12-24;/h18H,3-17H2,1-2H3,(H,21,22);1H. The van der Waals surface area contributed by atoms with E-state index in [1.807, 2.05) is 7.11 Å². The van der Waals surface area contributed by atoms with Crippen molar-refractivity contribution in [3.05, 3.63) is 0 Å². The van der Waals surface area contributed by atoms with Gasteiger partial charge < -0.3 is 15.0 Å². The third-order valence-electron chi connectivity index (χ3n) is 6.31. The molecule has 3 fully saturated rings. The monoisotopic (exact) mass is 510 g/mol. The van der Waals surface area contributed by atoms with Gasteiger partial charge in [0.2, 0.25) is 0 Å². The summed E-state index contributed by atoms with van der Waals surface area (Å²) in [7, 11) is 1.81. The topological polar surface area (TPSA) is 40.1 Å². The van der Waals surface area contributed by atoms with Gasteiger partial charge >= 0.3 is 0 Å². The lowest BCUT2D eigenvalue weighted by Gasteiger charge is -2.47. The molecule has 3 rings (SSSR count). The number of methoxy groups -OCH3 is 1. The molecule has 0 amide bonds. The first-order chi connectivity index (χ1) is 12.8. The number of nitrogens with zero attached hydrogens (tertiary/aromatic N) is 3. The second kappa shape index (κ2) is 12.1. The number of nitrogens with one attached hydrogen (secondary N) is 1. The summed E-state index contributed by atoms with van der Waals surface area (Å²) in [5.74, 6) is 4.35. The Morgan fingerprint density at radius 2 is 1.93 bits per heavy atom. The normalized spacial score (nSPS) is 26.7. The summed E-state index contributed by atoms with van der Waals surface area (Å²) in [5.41, 5.74) is 0.311. The Morgan fingerprint density at radius 1 is 1.19 bits per heavy atom. The molecule has 5 nitrogen and oxygen atoms in total. The van der Waals surface area contributed by atoms with Crippen LogP contribution in [-0.2, 0) is 4.74 Å². The van der Waals surface area contributed by atoms with E-state index in [2.05, 4.69) is 33.8 Å². The summed E-state index contributed by atoms with van der Waals surface area (Å²) in [6.07, 6.45) is 8.01. The van der Waals surface area contributed by atoms with Gasteiger partial charge in [0.15, 0.2) is 5.96 Å². The van der Waals surface area contributed by atoms with Gasteiger partial charge in [-0.2, -0.15) is 11.8 Å². The quantitative estimate of drug-likeness (QED) is 0.338. The molecule has 3 aliphatic rings. The second-order valence-electron chi connectivity index (χ2n) is 8.11. The van der Waals surface area contributed by atoms with E-state index < -0.39 is 0 Å². The Hall–Kier alpha value is 0.270. The van der Waals surface area contributed by atoms with E-state index in [-0.39, 0.29) is 24.0 Å². The van der Waals surface area contributed by atoms with Gasteiger partial charge in [0.25, 0.3) is 0 Å². The van der Waals surface area contributed by atoms with Crippen molar-refractivity contribution < 1.29 is 4.74 Å². The number of hydrogen-bond donors (Lipinski definition) is 1. The number of thioether (sulfide) groups is 1. The van der Waals surface area contributed by atoms with Gasteiger partial charge in [0, 0.05) is 62.8 Å². The fraction of sp³-hybridized carbons (Fsp3) is 0.950. The minimum Gasteiger partial charge on any atom is -0.384 e. The Morgan fingerprint density at radius 3 is 2.59 bits per heavy atom. The van der Waals surface area contributed by atoms with E-state index in [1.165, 1.54) is 63.1 Å². The third-order valence-corrected chi connectivity index (χ3v) is 7.25. The molecule has 2 aliphatic heterocycles. The molecular formula is C20H39IN4OS. The van der Waals surface area contributed by atoms with Crippen molar-refractivity contribution in [1.29, 1.82) is 0 Å². The summed E-state index contributed by atoms with van der Waals surface area (Å²) < 4.78 is 5.37. The third kappa shape index (κ3) is 6.37. The van der Waals surface area contributed by atoms with Gasteiger partial charge in [0.05, 0.1) is 13.2 Å². The molecule has 0 radical (unpaired) electrons. The molecular weight excluding hydrogens is 471 g/mol. The summed E-state index contributed by atoms with van der Waals surface area (Å²) >= 11 is 2.11. The maximum Gasteiger partial charge on any atom is 0.193 e. The highest BCUT2D eigenvalue weighted by molar-refractivity contribution is 14.0. The molecule has 0 bridgehead atoms. The van der Waals surface area contributed by atoms with E-state index in [4.69, 9.17) is 9.73 Å². The Bertz CT molecular complexity index is 453. The van der Waals surface area contributed by atoms with Crippen molar-refractivity contribution in [2.24, 2.45) is 10.9 Å². The van der Waals surface area contributed by atoms with Gasteiger partial charge in [-0.05, 0) is 26.2 Å².